The Kier molecular flexibility index (Phi) is 4.75. The Balaban J connectivity index is 3.38. The van der Waals surface area contributed by atoms with Gasteiger partial charge in [0.1, 0.15) is 5.82 Å². The van der Waals surface area contributed by atoms with Crippen molar-refractivity contribution in [3.63, 3.8) is 0 Å². The summed E-state index contributed by atoms with van der Waals surface area (Å²) in [6, 6.07) is 0.0626. The summed E-state index contributed by atoms with van der Waals surface area (Å²) in [6.07, 6.45) is -0.400. The molecule has 18 heavy (non-hydrogen) atoms. The van der Waals surface area contributed by atoms with Crippen LogP contribution in [0.1, 0.15) is 18.0 Å². The summed E-state index contributed by atoms with van der Waals surface area (Å²) in [4.78, 5) is 10.6. The van der Waals surface area contributed by atoms with Crippen LogP contribution in [-0.2, 0) is 4.79 Å². The van der Waals surface area contributed by atoms with Gasteiger partial charge in [0.25, 0.3) is 0 Å². The monoisotopic (exact) mass is 277 g/mol. The van der Waals surface area contributed by atoms with Crippen LogP contribution in [0.25, 0.3) is 0 Å². The fourth-order valence-corrected chi connectivity index (χ4v) is 1.87. The molecule has 3 N–H and O–H groups in total. The number of carboxylic acids is 1. The van der Waals surface area contributed by atoms with Gasteiger partial charge in [0.15, 0.2) is 11.5 Å². The van der Waals surface area contributed by atoms with Crippen LogP contribution in [0.2, 0.25) is 5.02 Å². The van der Waals surface area contributed by atoms with E-state index >= 15 is 0 Å². The summed E-state index contributed by atoms with van der Waals surface area (Å²) < 4.78 is 23.6. The number of benzene rings is 1. The smallest absolute Gasteiger partial charge is 0.305 e. The molecule has 0 aliphatic carbocycles. The Bertz CT molecular complexity index is 467. The first-order valence-electron chi connectivity index (χ1n) is 4.99. The van der Waals surface area contributed by atoms with Gasteiger partial charge in [-0.1, -0.05) is 11.6 Å². The van der Waals surface area contributed by atoms with Crippen molar-refractivity contribution in [1.82, 2.24) is 0 Å². The second-order valence-electron chi connectivity index (χ2n) is 3.53. The summed E-state index contributed by atoms with van der Waals surface area (Å²) >= 11 is 5.80. The molecule has 0 spiro atoms. The van der Waals surface area contributed by atoms with Crippen molar-refractivity contribution in [2.24, 2.45) is 5.73 Å². The molecular formula is C11H13ClFNO4. The standard InChI is InChI=1S/C11H13ClFNO4/c1-17-7-3-5(13)10(12)9(11(7)18-2)6(14)4-8(15)16/h3,6H,4,14H2,1-2H3,(H,15,16). The molecule has 1 atom stereocenters. The minimum atomic E-state index is -1.12. The SMILES string of the molecule is COc1cc(F)c(Cl)c(C(N)CC(=O)O)c1OC. The number of carbonyl (C=O) groups is 1. The number of aliphatic carboxylic acids is 1. The largest absolute Gasteiger partial charge is 0.493 e. The fraction of sp³-hybridized carbons (Fsp3) is 0.364. The molecule has 0 heterocycles. The van der Waals surface area contributed by atoms with E-state index in [4.69, 9.17) is 31.9 Å². The van der Waals surface area contributed by atoms with Gasteiger partial charge in [-0.3, -0.25) is 4.79 Å². The zero-order chi connectivity index (χ0) is 13.9. The maximum absolute atomic E-state index is 13.6. The van der Waals surface area contributed by atoms with Gasteiger partial charge in [-0.15, -0.1) is 0 Å². The van der Waals surface area contributed by atoms with Crippen molar-refractivity contribution >= 4 is 17.6 Å². The molecule has 1 unspecified atom stereocenters. The van der Waals surface area contributed by atoms with E-state index in [1.807, 2.05) is 0 Å². The van der Waals surface area contributed by atoms with E-state index in [-0.39, 0.29) is 22.1 Å². The van der Waals surface area contributed by atoms with Crippen molar-refractivity contribution in [1.29, 1.82) is 0 Å². The molecule has 1 aromatic carbocycles. The van der Waals surface area contributed by atoms with Gasteiger partial charge in [0.2, 0.25) is 0 Å². The predicted octanol–water partition coefficient (Wildman–Crippen LogP) is 1.97. The second-order valence-corrected chi connectivity index (χ2v) is 3.90. The van der Waals surface area contributed by atoms with Crippen molar-refractivity contribution in [3.8, 4) is 11.5 Å². The van der Waals surface area contributed by atoms with E-state index in [1.165, 1.54) is 14.2 Å². The number of ether oxygens (including phenoxy) is 2. The van der Waals surface area contributed by atoms with Gasteiger partial charge in [-0.2, -0.15) is 0 Å². The number of carboxylic acid groups (broad SMARTS) is 1. The maximum Gasteiger partial charge on any atom is 0.305 e. The number of nitrogens with two attached hydrogens (primary N) is 1. The topological polar surface area (TPSA) is 81.8 Å². The Morgan fingerprint density at radius 1 is 1.56 bits per heavy atom. The van der Waals surface area contributed by atoms with Crippen LogP contribution in [0.4, 0.5) is 4.39 Å². The first-order chi connectivity index (χ1) is 8.42. The molecule has 0 bridgehead atoms. The van der Waals surface area contributed by atoms with E-state index < -0.39 is 24.2 Å². The molecule has 5 nitrogen and oxygen atoms in total. The minimum Gasteiger partial charge on any atom is -0.493 e. The van der Waals surface area contributed by atoms with Crippen LogP contribution in [-0.4, -0.2) is 25.3 Å². The van der Waals surface area contributed by atoms with Crippen LogP contribution in [0.15, 0.2) is 6.07 Å². The average molecular weight is 278 g/mol. The highest BCUT2D eigenvalue weighted by Gasteiger charge is 2.24. The van der Waals surface area contributed by atoms with Gasteiger partial charge < -0.3 is 20.3 Å². The van der Waals surface area contributed by atoms with Crippen LogP contribution >= 0.6 is 11.6 Å². The van der Waals surface area contributed by atoms with Crippen LogP contribution in [0.3, 0.4) is 0 Å². The minimum absolute atomic E-state index is 0.0819. The lowest BCUT2D eigenvalue weighted by Crippen LogP contribution is -2.17. The predicted molar refractivity (Wildman–Crippen MR) is 63.7 cm³/mol. The lowest BCUT2D eigenvalue weighted by atomic mass is 10.0. The Hall–Kier alpha value is -1.53. The summed E-state index contributed by atoms with van der Waals surface area (Å²) in [7, 11) is 2.67. The third kappa shape index (κ3) is 2.83. The lowest BCUT2D eigenvalue weighted by Gasteiger charge is -2.18. The highest BCUT2D eigenvalue weighted by atomic mass is 35.5. The average Bonchev–Trinajstić information content (AvgIpc) is 2.30. The molecule has 7 heteroatoms. The van der Waals surface area contributed by atoms with Gasteiger partial charge in [-0.25, -0.2) is 4.39 Å². The molecule has 0 aliphatic rings. The van der Waals surface area contributed by atoms with Gasteiger partial charge in [0, 0.05) is 17.7 Å². The summed E-state index contributed by atoms with van der Waals surface area (Å²) in [6.45, 7) is 0. The van der Waals surface area contributed by atoms with E-state index in [1.54, 1.807) is 0 Å². The Morgan fingerprint density at radius 3 is 2.61 bits per heavy atom. The summed E-state index contributed by atoms with van der Waals surface area (Å²) in [5.74, 6) is -1.62. The molecule has 1 aromatic rings. The van der Waals surface area contributed by atoms with E-state index in [2.05, 4.69) is 0 Å². The molecule has 0 aliphatic heterocycles. The molecule has 0 saturated carbocycles. The van der Waals surface area contributed by atoms with Crippen LogP contribution in [0, 0.1) is 5.82 Å². The molecule has 1 rings (SSSR count). The summed E-state index contributed by atoms with van der Waals surface area (Å²) in [5.41, 5.74) is 5.78. The molecule has 0 radical (unpaired) electrons. The fourth-order valence-electron chi connectivity index (χ4n) is 1.59. The van der Waals surface area contributed by atoms with Gasteiger partial charge in [-0.05, 0) is 0 Å². The molecule has 0 fully saturated rings. The van der Waals surface area contributed by atoms with Crippen molar-refractivity contribution in [2.45, 2.75) is 12.5 Å². The molecular weight excluding hydrogens is 265 g/mol. The first kappa shape index (κ1) is 14.5. The number of halogens is 2. The van der Waals surface area contributed by atoms with E-state index in [0.717, 1.165) is 6.07 Å². The highest BCUT2D eigenvalue weighted by Crippen LogP contribution is 2.41. The number of rotatable bonds is 5. The molecule has 0 saturated heterocycles. The molecule has 0 amide bonds. The quantitative estimate of drug-likeness (QED) is 0.860. The number of methoxy groups -OCH3 is 2. The van der Waals surface area contributed by atoms with Gasteiger partial charge >= 0.3 is 5.97 Å². The highest BCUT2D eigenvalue weighted by molar-refractivity contribution is 6.31. The van der Waals surface area contributed by atoms with Crippen molar-refractivity contribution in [2.75, 3.05) is 14.2 Å². The molecule has 100 valence electrons. The van der Waals surface area contributed by atoms with Gasteiger partial charge in [0.05, 0.1) is 25.7 Å². The normalized spacial score (nSPS) is 12.1. The third-order valence-corrected chi connectivity index (χ3v) is 2.75. The van der Waals surface area contributed by atoms with E-state index in [0.29, 0.717) is 0 Å². The Morgan fingerprint density at radius 2 is 2.17 bits per heavy atom. The third-order valence-electron chi connectivity index (χ3n) is 2.36. The van der Waals surface area contributed by atoms with Crippen molar-refractivity contribution < 1.29 is 23.8 Å². The zero-order valence-electron chi connectivity index (χ0n) is 9.87. The summed E-state index contributed by atoms with van der Waals surface area (Å²) in [5, 5.41) is 8.44. The van der Waals surface area contributed by atoms with Crippen LogP contribution < -0.4 is 15.2 Å². The van der Waals surface area contributed by atoms with E-state index in [9.17, 15) is 9.18 Å². The maximum atomic E-state index is 13.6. The van der Waals surface area contributed by atoms with Crippen LogP contribution in [0.5, 0.6) is 11.5 Å². The number of hydrogen-bond acceptors (Lipinski definition) is 4. The van der Waals surface area contributed by atoms with Crippen molar-refractivity contribution in [3.05, 3.63) is 22.5 Å². The first-order valence-corrected chi connectivity index (χ1v) is 5.37. The zero-order valence-corrected chi connectivity index (χ0v) is 10.6. The lowest BCUT2D eigenvalue weighted by molar-refractivity contribution is -0.137. The molecule has 0 aromatic heterocycles. The Labute approximate surface area is 108 Å². The second kappa shape index (κ2) is 5.88. The number of hydrogen-bond donors (Lipinski definition) is 2.